The molecule has 11 heteroatoms. The van der Waals surface area contributed by atoms with Gasteiger partial charge in [0, 0.05) is 12.5 Å². The predicted molar refractivity (Wildman–Crippen MR) is 147 cm³/mol. The van der Waals surface area contributed by atoms with E-state index in [4.69, 9.17) is 21.1 Å². The zero-order chi connectivity index (χ0) is 27.5. The van der Waals surface area contributed by atoms with E-state index in [-0.39, 0.29) is 61.8 Å². The van der Waals surface area contributed by atoms with E-state index in [9.17, 15) is 18.4 Å². The summed E-state index contributed by atoms with van der Waals surface area (Å²) in [4.78, 5) is 30.8. The zero-order valence-corrected chi connectivity index (χ0v) is 23.1. The van der Waals surface area contributed by atoms with Crippen LogP contribution in [0.4, 0.5) is 19.6 Å². The van der Waals surface area contributed by atoms with Crippen LogP contribution in [0, 0.1) is 11.7 Å². The molecule has 3 aromatic rings. The summed E-state index contributed by atoms with van der Waals surface area (Å²) in [6.07, 6.45) is 2.15. The van der Waals surface area contributed by atoms with Crippen LogP contribution in [-0.4, -0.2) is 60.3 Å². The van der Waals surface area contributed by atoms with Crippen LogP contribution in [0.2, 0.25) is 5.02 Å². The summed E-state index contributed by atoms with van der Waals surface area (Å²) in [5, 5.41) is 4.15. The fraction of sp³-hybridized carbons (Fsp3) is 0.464. The molecule has 1 N–H and O–H groups in total. The molecular formula is C28H30ClF2N3O4S. The molecule has 2 fully saturated rings. The fourth-order valence-electron chi connectivity index (χ4n) is 5.32. The third kappa shape index (κ3) is 6.67. The number of methoxy groups -OCH3 is 1. The maximum absolute atomic E-state index is 14.3. The second-order valence-electron chi connectivity index (χ2n) is 10.1. The van der Waals surface area contributed by atoms with E-state index >= 15 is 0 Å². The molecule has 1 saturated heterocycles. The summed E-state index contributed by atoms with van der Waals surface area (Å²) < 4.78 is 39.5. The Morgan fingerprint density at radius 3 is 2.72 bits per heavy atom. The van der Waals surface area contributed by atoms with E-state index in [1.54, 1.807) is 29.2 Å². The number of carbonyl (C=O) groups is 2. The summed E-state index contributed by atoms with van der Waals surface area (Å²) in [5.74, 6) is -0.796. The van der Waals surface area contributed by atoms with Gasteiger partial charge in [-0.25, -0.2) is 13.8 Å². The van der Waals surface area contributed by atoms with Crippen LogP contribution in [0.1, 0.15) is 37.7 Å². The minimum Gasteiger partial charge on any atom is -0.469 e. The lowest BCUT2D eigenvalue weighted by Crippen LogP contribution is -2.40. The molecule has 0 unspecified atom stereocenters. The predicted octanol–water partition coefficient (Wildman–Crippen LogP) is 6.06. The molecule has 2 aromatic carbocycles. The molecule has 2 atom stereocenters. The van der Waals surface area contributed by atoms with Gasteiger partial charge in [-0.3, -0.25) is 9.59 Å². The lowest BCUT2D eigenvalue weighted by Gasteiger charge is -2.30. The van der Waals surface area contributed by atoms with Crippen molar-refractivity contribution in [1.82, 2.24) is 9.88 Å². The van der Waals surface area contributed by atoms with Gasteiger partial charge >= 0.3 is 5.97 Å². The van der Waals surface area contributed by atoms with E-state index in [1.165, 1.54) is 30.6 Å². The summed E-state index contributed by atoms with van der Waals surface area (Å²) in [6.45, 7) is 0.322. The van der Waals surface area contributed by atoms with Crippen molar-refractivity contribution in [2.45, 2.75) is 56.8 Å². The molecule has 0 spiro atoms. The molecule has 39 heavy (non-hydrogen) atoms. The Morgan fingerprint density at radius 1 is 1.18 bits per heavy atom. The number of alkyl halides is 1. The highest BCUT2D eigenvalue weighted by Gasteiger charge is 2.36. The maximum Gasteiger partial charge on any atom is 0.308 e. The summed E-state index contributed by atoms with van der Waals surface area (Å²) in [5.41, 5.74) is 1.89. The van der Waals surface area contributed by atoms with E-state index in [0.29, 0.717) is 39.8 Å². The Morgan fingerprint density at radius 2 is 1.97 bits per heavy atom. The number of nitrogens with zero attached hydrogens (tertiary/aromatic N) is 2. The first kappa shape index (κ1) is 27.7. The lowest BCUT2D eigenvalue weighted by atomic mass is 9.87. The van der Waals surface area contributed by atoms with Crippen LogP contribution in [-0.2, 0) is 25.5 Å². The van der Waals surface area contributed by atoms with Gasteiger partial charge in [-0.1, -0.05) is 29.0 Å². The minimum atomic E-state index is -1.09. The summed E-state index contributed by atoms with van der Waals surface area (Å²) >= 11 is 7.88. The third-order valence-corrected chi connectivity index (χ3v) is 8.66. The van der Waals surface area contributed by atoms with Gasteiger partial charge in [0.25, 0.3) is 0 Å². The van der Waals surface area contributed by atoms with Gasteiger partial charge in [-0.15, -0.1) is 0 Å². The monoisotopic (exact) mass is 577 g/mol. The first-order valence-corrected chi connectivity index (χ1v) is 14.2. The number of hydrogen-bond acceptors (Lipinski definition) is 7. The number of fused-ring (bicyclic) bond motifs is 1. The van der Waals surface area contributed by atoms with Crippen molar-refractivity contribution in [3.8, 4) is 0 Å². The molecule has 5 rings (SSSR count). The van der Waals surface area contributed by atoms with Crippen molar-refractivity contribution < 1.29 is 27.8 Å². The Hall–Kier alpha value is -2.82. The van der Waals surface area contributed by atoms with Crippen molar-refractivity contribution in [2.75, 3.05) is 25.6 Å². The zero-order valence-electron chi connectivity index (χ0n) is 21.5. The molecule has 1 amide bonds. The van der Waals surface area contributed by atoms with Crippen molar-refractivity contribution >= 4 is 55.8 Å². The number of hydrogen-bond donors (Lipinski definition) is 1. The number of rotatable bonds is 8. The van der Waals surface area contributed by atoms with E-state index in [1.807, 2.05) is 0 Å². The number of likely N-dealkylation sites (tertiary alicyclic amines) is 1. The van der Waals surface area contributed by atoms with Crippen molar-refractivity contribution in [2.24, 2.45) is 5.92 Å². The summed E-state index contributed by atoms with van der Waals surface area (Å²) in [6, 6.07) is 9.40. The molecule has 0 radical (unpaired) electrons. The standard InChI is InChI=1S/C28H30ClF2N3O4S/c1-37-27(36)17-3-6-21(7-4-17)38-15-20-12-19(31)14-34(20)26(35)11-16-2-8-23(22(29)10-16)32-28-33-24-13-18(30)5-9-25(24)39-28/h2,5,8-10,13,17,19-21H,3-4,6-7,11-12,14-15H2,1H3,(H,32,33)/t17-,19-,20-,21-/m0/s1. The largest absolute Gasteiger partial charge is 0.469 e. The maximum atomic E-state index is 14.3. The highest BCUT2D eigenvalue weighted by molar-refractivity contribution is 7.22. The van der Waals surface area contributed by atoms with Crippen LogP contribution < -0.4 is 5.32 Å². The Kier molecular flexibility index (Phi) is 8.64. The molecule has 1 aliphatic heterocycles. The number of thiazole rings is 1. The molecule has 2 heterocycles. The molecule has 1 saturated carbocycles. The number of nitrogens with one attached hydrogen (secondary N) is 1. The normalized spacial score (nSPS) is 23.2. The average molecular weight is 578 g/mol. The highest BCUT2D eigenvalue weighted by atomic mass is 35.5. The number of ether oxygens (including phenoxy) is 2. The average Bonchev–Trinajstić information content (AvgIpc) is 3.50. The van der Waals surface area contributed by atoms with E-state index in [0.717, 1.165) is 17.5 Å². The topological polar surface area (TPSA) is 80.8 Å². The molecule has 208 valence electrons. The van der Waals surface area contributed by atoms with Gasteiger partial charge < -0.3 is 19.7 Å². The first-order valence-electron chi connectivity index (χ1n) is 13.0. The highest BCUT2D eigenvalue weighted by Crippen LogP contribution is 2.33. The number of benzene rings is 2. The van der Waals surface area contributed by atoms with Crippen LogP contribution >= 0.6 is 22.9 Å². The van der Waals surface area contributed by atoms with Crippen molar-refractivity contribution in [3.05, 3.63) is 52.8 Å². The second-order valence-corrected chi connectivity index (χ2v) is 11.5. The van der Waals surface area contributed by atoms with Crippen molar-refractivity contribution in [1.29, 1.82) is 0 Å². The number of amides is 1. The van der Waals surface area contributed by atoms with Gasteiger partial charge in [-0.2, -0.15) is 0 Å². The van der Waals surface area contributed by atoms with E-state index < -0.39 is 6.17 Å². The van der Waals surface area contributed by atoms with Gasteiger partial charge in [0.1, 0.15) is 12.0 Å². The summed E-state index contributed by atoms with van der Waals surface area (Å²) in [7, 11) is 1.40. The molecule has 7 nitrogen and oxygen atoms in total. The molecule has 1 aromatic heterocycles. The molecule has 2 aliphatic rings. The van der Waals surface area contributed by atoms with Gasteiger partial charge in [-0.05, 0) is 55.5 Å². The molecule has 0 bridgehead atoms. The van der Waals surface area contributed by atoms with Crippen LogP contribution in [0.5, 0.6) is 0 Å². The van der Waals surface area contributed by atoms with Crippen LogP contribution in [0.3, 0.4) is 0 Å². The first-order chi connectivity index (χ1) is 18.8. The lowest BCUT2D eigenvalue weighted by molar-refractivity contribution is -0.148. The molecule has 1 aliphatic carbocycles. The van der Waals surface area contributed by atoms with Gasteiger partial charge in [0.15, 0.2) is 5.13 Å². The number of carbonyl (C=O) groups excluding carboxylic acids is 2. The number of anilines is 2. The van der Waals surface area contributed by atoms with Crippen molar-refractivity contribution in [3.63, 3.8) is 0 Å². The van der Waals surface area contributed by atoms with Gasteiger partial charge in [0.2, 0.25) is 5.91 Å². The SMILES string of the molecule is COC(=O)[C@H]1CC[C@H](OC[C@@H]2C[C@H](F)CN2C(=O)Cc2ccc(Nc3nc4cc(F)ccc4s3)c(Cl)c2)CC1. The second kappa shape index (κ2) is 12.1. The number of aromatic nitrogens is 1. The minimum absolute atomic E-state index is 0.00480. The molecular weight excluding hydrogens is 548 g/mol. The fourth-order valence-corrected chi connectivity index (χ4v) is 6.43. The van der Waals surface area contributed by atoms with Crippen LogP contribution in [0.15, 0.2) is 36.4 Å². The van der Waals surface area contributed by atoms with E-state index in [2.05, 4.69) is 10.3 Å². The Balaban J connectivity index is 1.16. The Labute approximate surface area is 234 Å². The Bertz CT molecular complexity index is 1350. The smallest absolute Gasteiger partial charge is 0.308 e. The van der Waals surface area contributed by atoms with Gasteiger partial charge in [0.05, 0.1) is 65.7 Å². The third-order valence-electron chi connectivity index (χ3n) is 7.40. The quantitative estimate of drug-likeness (QED) is 0.328. The van der Waals surface area contributed by atoms with Crippen LogP contribution in [0.25, 0.3) is 10.2 Å². The number of esters is 1. The number of halogens is 3.